The van der Waals surface area contributed by atoms with Crippen LogP contribution in [0.3, 0.4) is 0 Å². The highest BCUT2D eigenvalue weighted by molar-refractivity contribution is 5.60. The van der Waals surface area contributed by atoms with Crippen molar-refractivity contribution in [2.24, 2.45) is 0 Å². The molecule has 0 saturated heterocycles. The van der Waals surface area contributed by atoms with Gasteiger partial charge in [-0.15, -0.1) is 0 Å². The molecule has 1 rings (SSSR count). The molecule has 15 heavy (non-hydrogen) atoms. The second-order valence-corrected chi connectivity index (χ2v) is 3.05. The van der Waals surface area contributed by atoms with E-state index in [0.29, 0.717) is 18.8 Å². The Labute approximate surface area is 88.2 Å². The van der Waals surface area contributed by atoms with Gasteiger partial charge in [0.1, 0.15) is 5.69 Å². The summed E-state index contributed by atoms with van der Waals surface area (Å²) >= 11 is 0. The summed E-state index contributed by atoms with van der Waals surface area (Å²) in [4.78, 5) is 10.3. The third-order valence-electron chi connectivity index (χ3n) is 1.94. The first-order chi connectivity index (χ1) is 7.25. The molecule has 1 N–H and O–H groups in total. The van der Waals surface area contributed by atoms with Crippen LogP contribution in [-0.2, 0) is 4.74 Å². The van der Waals surface area contributed by atoms with Gasteiger partial charge in [0, 0.05) is 26.3 Å². The van der Waals surface area contributed by atoms with Crippen molar-refractivity contribution in [3.63, 3.8) is 0 Å². The zero-order valence-corrected chi connectivity index (χ0v) is 8.60. The standard InChI is InChI=1S/C10H14N2O3/c1-15-8-4-7-11-9-5-2-3-6-10(9)12(13)14/h2-3,5-6,11H,4,7-8H2,1H3. The predicted molar refractivity (Wildman–Crippen MR) is 58.1 cm³/mol. The van der Waals surface area contributed by atoms with Crippen molar-refractivity contribution in [2.45, 2.75) is 6.42 Å². The van der Waals surface area contributed by atoms with Gasteiger partial charge >= 0.3 is 0 Å². The number of nitro benzene ring substituents is 1. The molecule has 0 amide bonds. The van der Waals surface area contributed by atoms with Crippen molar-refractivity contribution in [1.29, 1.82) is 0 Å². The van der Waals surface area contributed by atoms with Crippen LogP contribution in [0.2, 0.25) is 0 Å². The van der Waals surface area contributed by atoms with Crippen LogP contribution in [0, 0.1) is 10.1 Å². The number of para-hydroxylation sites is 2. The Balaban J connectivity index is 2.56. The average Bonchev–Trinajstić information content (AvgIpc) is 2.25. The molecular formula is C10H14N2O3. The van der Waals surface area contributed by atoms with E-state index in [1.807, 2.05) is 0 Å². The van der Waals surface area contributed by atoms with E-state index in [-0.39, 0.29) is 5.69 Å². The smallest absolute Gasteiger partial charge is 0.292 e. The lowest BCUT2D eigenvalue weighted by Crippen LogP contribution is -2.06. The lowest BCUT2D eigenvalue weighted by molar-refractivity contribution is -0.384. The molecule has 0 aliphatic heterocycles. The van der Waals surface area contributed by atoms with Crippen molar-refractivity contribution in [1.82, 2.24) is 0 Å². The minimum atomic E-state index is -0.390. The number of methoxy groups -OCH3 is 1. The number of nitro groups is 1. The van der Waals surface area contributed by atoms with E-state index < -0.39 is 4.92 Å². The van der Waals surface area contributed by atoms with E-state index in [4.69, 9.17) is 4.74 Å². The summed E-state index contributed by atoms with van der Waals surface area (Å²) in [5.74, 6) is 0. The van der Waals surface area contributed by atoms with Gasteiger partial charge in [-0.3, -0.25) is 10.1 Å². The molecule has 5 heteroatoms. The molecule has 0 heterocycles. The highest BCUT2D eigenvalue weighted by Gasteiger charge is 2.10. The lowest BCUT2D eigenvalue weighted by atomic mass is 10.2. The van der Waals surface area contributed by atoms with E-state index in [1.54, 1.807) is 25.3 Å². The molecule has 0 aromatic heterocycles. The highest BCUT2D eigenvalue weighted by atomic mass is 16.6. The maximum Gasteiger partial charge on any atom is 0.292 e. The van der Waals surface area contributed by atoms with Crippen molar-refractivity contribution in [2.75, 3.05) is 25.6 Å². The largest absolute Gasteiger partial charge is 0.385 e. The van der Waals surface area contributed by atoms with Gasteiger partial charge in [0.05, 0.1) is 4.92 Å². The van der Waals surface area contributed by atoms with E-state index >= 15 is 0 Å². The van der Waals surface area contributed by atoms with Crippen LogP contribution in [0.25, 0.3) is 0 Å². The first-order valence-corrected chi connectivity index (χ1v) is 4.72. The Hall–Kier alpha value is -1.62. The number of hydrogen-bond donors (Lipinski definition) is 1. The maximum absolute atomic E-state index is 10.7. The summed E-state index contributed by atoms with van der Waals surface area (Å²) in [7, 11) is 1.63. The molecule has 82 valence electrons. The van der Waals surface area contributed by atoms with E-state index in [2.05, 4.69) is 5.32 Å². The van der Waals surface area contributed by atoms with Crippen LogP contribution in [0.4, 0.5) is 11.4 Å². The summed E-state index contributed by atoms with van der Waals surface area (Å²) in [5, 5.41) is 13.7. The van der Waals surface area contributed by atoms with Crippen molar-refractivity contribution in [3.8, 4) is 0 Å². The van der Waals surface area contributed by atoms with E-state index in [9.17, 15) is 10.1 Å². The molecule has 0 saturated carbocycles. The minimum Gasteiger partial charge on any atom is -0.385 e. The minimum absolute atomic E-state index is 0.106. The van der Waals surface area contributed by atoms with Crippen LogP contribution in [-0.4, -0.2) is 25.2 Å². The third-order valence-corrected chi connectivity index (χ3v) is 1.94. The van der Waals surface area contributed by atoms with Gasteiger partial charge in [-0.2, -0.15) is 0 Å². The van der Waals surface area contributed by atoms with Crippen LogP contribution in [0.15, 0.2) is 24.3 Å². The summed E-state index contributed by atoms with van der Waals surface area (Å²) < 4.78 is 4.88. The molecule has 0 aliphatic rings. The third kappa shape index (κ3) is 3.55. The number of ether oxygens (including phenoxy) is 1. The number of nitrogens with one attached hydrogen (secondary N) is 1. The molecule has 0 spiro atoms. The van der Waals surface area contributed by atoms with Gasteiger partial charge in [-0.05, 0) is 12.5 Å². The molecule has 0 atom stereocenters. The Morgan fingerprint density at radius 2 is 2.20 bits per heavy atom. The SMILES string of the molecule is COCCCNc1ccccc1[N+](=O)[O-]. The molecule has 1 aromatic rings. The number of benzene rings is 1. The fraction of sp³-hybridized carbons (Fsp3) is 0.400. The quantitative estimate of drug-likeness (QED) is 0.443. The fourth-order valence-electron chi connectivity index (χ4n) is 1.22. The summed E-state index contributed by atoms with van der Waals surface area (Å²) in [6.07, 6.45) is 0.822. The van der Waals surface area contributed by atoms with Gasteiger partial charge in [0.2, 0.25) is 0 Å². The van der Waals surface area contributed by atoms with Gasteiger partial charge < -0.3 is 10.1 Å². The zero-order chi connectivity index (χ0) is 11.1. The number of anilines is 1. The second-order valence-electron chi connectivity index (χ2n) is 3.05. The average molecular weight is 210 g/mol. The molecule has 0 fully saturated rings. The maximum atomic E-state index is 10.7. The Bertz CT molecular complexity index is 328. The molecule has 0 radical (unpaired) electrons. The molecule has 1 aromatic carbocycles. The number of rotatable bonds is 6. The lowest BCUT2D eigenvalue weighted by Gasteiger charge is -2.05. The molecule has 0 aliphatic carbocycles. The topological polar surface area (TPSA) is 64.4 Å². The molecule has 0 bridgehead atoms. The fourth-order valence-corrected chi connectivity index (χ4v) is 1.22. The summed E-state index contributed by atoms with van der Waals surface area (Å²) in [6.45, 7) is 1.31. The van der Waals surface area contributed by atoms with Gasteiger partial charge in [0.25, 0.3) is 5.69 Å². The van der Waals surface area contributed by atoms with Crippen molar-refractivity contribution in [3.05, 3.63) is 34.4 Å². The first-order valence-electron chi connectivity index (χ1n) is 4.72. The van der Waals surface area contributed by atoms with Crippen molar-refractivity contribution >= 4 is 11.4 Å². The Morgan fingerprint density at radius 3 is 2.87 bits per heavy atom. The van der Waals surface area contributed by atoms with Crippen LogP contribution in [0.5, 0.6) is 0 Å². The molecule has 5 nitrogen and oxygen atoms in total. The van der Waals surface area contributed by atoms with Crippen LogP contribution in [0.1, 0.15) is 6.42 Å². The van der Waals surface area contributed by atoms with Gasteiger partial charge in [-0.25, -0.2) is 0 Å². The Kier molecular flexibility index (Phi) is 4.56. The Morgan fingerprint density at radius 1 is 1.47 bits per heavy atom. The second kappa shape index (κ2) is 5.98. The number of nitrogens with zero attached hydrogens (tertiary/aromatic N) is 1. The molecular weight excluding hydrogens is 196 g/mol. The summed E-state index contributed by atoms with van der Waals surface area (Å²) in [6, 6.07) is 6.60. The monoisotopic (exact) mass is 210 g/mol. The normalized spacial score (nSPS) is 9.93. The highest BCUT2D eigenvalue weighted by Crippen LogP contribution is 2.22. The van der Waals surface area contributed by atoms with Gasteiger partial charge in [0.15, 0.2) is 0 Å². The van der Waals surface area contributed by atoms with Gasteiger partial charge in [-0.1, -0.05) is 12.1 Å². The van der Waals surface area contributed by atoms with Crippen LogP contribution >= 0.6 is 0 Å². The van der Waals surface area contributed by atoms with Crippen LogP contribution < -0.4 is 5.32 Å². The zero-order valence-electron chi connectivity index (χ0n) is 8.60. The first kappa shape index (κ1) is 11.5. The predicted octanol–water partition coefficient (Wildman–Crippen LogP) is 2.04. The van der Waals surface area contributed by atoms with E-state index in [0.717, 1.165) is 6.42 Å². The van der Waals surface area contributed by atoms with E-state index in [1.165, 1.54) is 6.07 Å². The summed E-state index contributed by atoms with van der Waals surface area (Å²) in [5.41, 5.74) is 0.661. The molecule has 0 unspecified atom stereocenters. The number of hydrogen-bond acceptors (Lipinski definition) is 4. The van der Waals surface area contributed by atoms with Crippen molar-refractivity contribution < 1.29 is 9.66 Å².